The van der Waals surface area contributed by atoms with Crippen LogP contribution in [0, 0.1) is 6.92 Å². The maximum Gasteiger partial charge on any atom is 0.251 e. The first-order chi connectivity index (χ1) is 9.47. The van der Waals surface area contributed by atoms with E-state index in [4.69, 9.17) is 23.2 Å². The van der Waals surface area contributed by atoms with E-state index in [1.54, 1.807) is 25.1 Å². The zero-order valence-corrected chi connectivity index (χ0v) is 12.7. The Bertz CT molecular complexity index is 623. The van der Waals surface area contributed by atoms with Gasteiger partial charge in [-0.25, -0.2) is 4.98 Å². The summed E-state index contributed by atoms with van der Waals surface area (Å²) in [6.45, 7) is 3.68. The molecular formula is C15H14Cl2N2O. The summed E-state index contributed by atoms with van der Waals surface area (Å²) in [5, 5.41) is 3.83. The third-order valence-electron chi connectivity index (χ3n) is 2.90. The van der Waals surface area contributed by atoms with Gasteiger partial charge in [0.1, 0.15) is 5.15 Å². The lowest BCUT2D eigenvalue weighted by atomic mass is 10.1. The molecule has 0 saturated carbocycles. The van der Waals surface area contributed by atoms with Crippen LogP contribution in [-0.2, 0) is 0 Å². The molecule has 2 aromatic rings. The van der Waals surface area contributed by atoms with Crippen molar-refractivity contribution in [2.45, 2.75) is 19.9 Å². The molecule has 3 nitrogen and oxygen atoms in total. The minimum atomic E-state index is -0.204. The number of carbonyl (C=O) groups excluding carboxylic acids is 1. The molecule has 2 rings (SSSR count). The molecule has 1 atom stereocenters. The monoisotopic (exact) mass is 308 g/mol. The summed E-state index contributed by atoms with van der Waals surface area (Å²) >= 11 is 12.0. The van der Waals surface area contributed by atoms with Gasteiger partial charge in [0.15, 0.2) is 0 Å². The largest absolute Gasteiger partial charge is 0.345 e. The molecule has 0 fully saturated rings. The van der Waals surface area contributed by atoms with Crippen molar-refractivity contribution in [1.29, 1.82) is 0 Å². The van der Waals surface area contributed by atoms with Crippen molar-refractivity contribution in [3.05, 3.63) is 63.4 Å². The van der Waals surface area contributed by atoms with E-state index in [0.29, 0.717) is 21.4 Å². The number of rotatable bonds is 3. The first kappa shape index (κ1) is 14.8. The fourth-order valence-electron chi connectivity index (χ4n) is 1.94. The number of pyridine rings is 1. The lowest BCUT2D eigenvalue weighted by Gasteiger charge is -2.16. The third kappa shape index (κ3) is 3.50. The van der Waals surface area contributed by atoms with E-state index in [9.17, 15) is 4.79 Å². The van der Waals surface area contributed by atoms with Crippen LogP contribution in [0.4, 0.5) is 0 Å². The summed E-state index contributed by atoms with van der Waals surface area (Å²) in [7, 11) is 0. The van der Waals surface area contributed by atoms with Crippen molar-refractivity contribution in [3.63, 3.8) is 0 Å². The zero-order chi connectivity index (χ0) is 14.7. The predicted molar refractivity (Wildman–Crippen MR) is 81.3 cm³/mol. The molecule has 5 heteroatoms. The Kier molecular flexibility index (Phi) is 4.63. The first-order valence-corrected chi connectivity index (χ1v) is 6.92. The fourth-order valence-corrected chi connectivity index (χ4v) is 2.49. The van der Waals surface area contributed by atoms with Gasteiger partial charge < -0.3 is 5.32 Å². The van der Waals surface area contributed by atoms with Gasteiger partial charge >= 0.3 is 0 Å². The van der Waals surface area contributed by atoms with Crippen molar-refractivity contribution < 1.29 is 4.79 Å². The highest BCUT2D eigenvalue weighted by Gasteiger charge is 2.14. The fraction of sp³-hybridized carbons (Fsp3) is 0.200. The van der Waals surface area contributed by atoms with Crippen molar-refractivity contribution in [2.24, 2.45) is 0 Å². The van der Waals surface area contributed by atoms with E-state index in [-0.39, 0.29) is 11.9 Å². The molecule has 0 saturated heterocycles. The quantitative estimate of drug-likeness (QED) is 0.864. The standard InChI is InChI=1S/C15H14Cl2N2O/c1-9-7-11(8-14(17)18-9)15(20)19-10(2)12-5-3-4-6-13(12)16/h3-8,10H,1-2H3,(H,19,20). The van der Waals surface area contributed by atoms with E-state index in [2.05, 4.69) is 10.3 Å². The van der Waals surface area contributed by atoms with Gasteiger partial charge in [-0.3, -0.25) is 4.79 Å². The molecular weight excluding hydrogens is 295 g/mol. The van der Waals surface area contributed by atoms with Gasteiger partial charge in [0.25, 0.3) is 5.91 Å². The second kappa shape index (κ2) is 6.25. The van der Waals surface area contributed by atoms with E-state index >= 15 is 0 Å². The SMILES string of the molecule is Cc1cc(C(=O)NC(C)c2ccccc2Cl)cc(Cl)n1. The Balaban J connectivity index is 2.17. The lowest BCUT2D eigenvalue weighted by Crippen LogP contribution is -2.27. The van der Waals surface area contributed by atoms with Crippen LogP contribution in [0.2, 0.25) is 10.2 Å². The van der Waals surface area contributed by atoms with Crippen molar-refractivity contribution in [2.75, 3.05) is 0 Å². The maximum absolute atomic E-state index is 12.2. The van der Waals surface area contributed by atoms with E-state index < -0.39 is 0 Å². The molecule has 0 aliphatic carbocycles. The molecule has 1 unspecified atom stereocenters. The predicted octanol–water partition coefficient (Wildman–Crippen LogP) is 4.19. The molecule has 104 valence electrons. The summed E-state index contributed by atoms with van der Waals surface area (Å²) in [6.07, 6.45) is 0. The molecule has 0 bridgehead atoms. The highest BCUT2D eigenvalue weighted by atomic mass is 35.5. The number of aryl methyl sites for hydroxylation is 1. The second-order valence-electron chi connectivity index (χ2n) is 4.54. The molecule has 0 radical (unpaired) electrons. The van der Waals surface area contributed by atoms with E-state index in [1.165, 1.54) is 0 Å². The average molecular weight is 309 g/mol. The number of aromatic nitrogens is 1. The summed E-state index contributed by atoms with van der Waals surface area (Å²) < 4.78 is 0. The van der Waals surface area contributed by atoms with Crippen molar-refractivity contribution in [1.82, 2.24) is 10.3 Å². The van der Waals surface area contributed by atoms with Gasteiger partial charge in [-0.15, -0.1) is 0 Å². The van der Waals surface area contributed by atoms with Crippen LogP contribution in [0.1, 0.15) is 34.6 Å². The van der Waals surface area contributed by atoms with Gasteiger partial charge in [0, 0.05) is 16.3 Å². The Morgan fingerprint density at radius 3 is 2.60 bits per heavy atom. The summed E-state index contributed by atoms with van der Waals surface area (Å²) in [5.74, 6) is -0.204. The Labute approximate surface area is 127 Å². The molecule has 20 heavy (non-hydrogen) atoms. The van der Waals surface area contributed by atoms with Gasteiger partial charge in [-0.2, -0.15) is 0 Å². The lowest BCUT2D eigenvalue weighted by molar-refractivity contribution is 0.0939. The maximum atomic E-state index is 12.2. The van der Waals surface area contributed by atoms with Crippen LogP contribution in [0.15, 0.2) is 36.4 Å². The summed E-state index contributed by atoms with van der Waals surface area (Å²) in [5.41, 5.74) is 2.06. The highest BCUT2D eigenvalue weighted by molar-refractivity contribution is 6.31. The molecule has 1 aromatic carbocycles. The van der Waals surface area contributed by atoms with Crippen molar-refractivity contribution in [3.8, 4) is 0 Å². The number of hydrogen-bond donors (Lipinski definition) is 1. The number of amides is 1. The summed E-state index contributed by atoms with van der Waals surface area (Å²) in [4.78, 5) is 16.2. The van der Waals surface area contributed by atoms with E-state index in [1.807, 2.05) is 25.1 Å². The minimum absolute atomic E-state index is 0.191. The number of nitrogens with one attached hydrogen (secondary N) is 1. The van der Waals surface area contributed by atoms with E-state index in [0.717, 1.165) is 5.56 Å². The number of nitrogens with zero attached hydrogens (tertiary/aromatic N) is 1. The van der Waals surface area contributed by atoms with Gasteiger partial charge in [-0.05, 0) is 37.6 Å². The van der Waals surface area contributed by atoms with Gasteiger partial charge in [-0.1, -0.05) is 41.4 Å². The molecule has 1 amide bonds. The Morgan fingerprint density at radius 2 is 1.95 bits per heavy atom. The topological polar surface area (TPSA) is 42.0 Å². The van der Waals surface area contributed by atoms with Crippen LogP contribution >= 0.6 is 23.2 Å². The summed E-state index contributed by atoms with van der Waals surface area (Å²) in [6, 6.07) is 10.5. The Morgan fingerprint density at radius 1 is 1.25 bits per heavy atom. The van der Waals surface area contributed by atoms with Gasteiger partial charge in [0.05, 0.1) is 6.04 Å². The number of halogens is 2. The molecule has 0 aliphatic rings. The molecule has 0 aliphatic heterocycles. The normalized spacial score (nSPS) is 12.0. The minimum Gasteiger partial charge on any atom is -0.345 e. The molecule has 1 heterocycles. The first-order valence-electron chi connectivity index (χ1n) is 6.17. The van der Waals surface area contributed by atoms with Crippen LogP contribution in [0.5, 0.6) is 0 Å². The molecule has 1 N–H and O–H groups in total. The number of carbonyl (C=O) groups is 1. The molecule has 1 aromatic heterocycles. The highest BCUT2D eigenvalue weighted by Crippen LogP contribution is 2.22. The van der Waals surface area contributed by atoms with Crippen LogP contribution in [0.25, 0.3) is 0 Å². The van der Waals surface area contributed by atoms with Crippen molar-refractivity contribution >= 4 is 29.1 Å². The number of benzene rings is 1. The number of hydrogen-bond acceptors (Lipinski definition) is 2. The van der Waals surface area contributed by atoms with Gasteiger partial charge in [0.2, 0.25) is 0 Å². The zero-order valence-electron chi connectivity index (χ0n) is 11.2. The van der Waals surface area contributed by atoms with Crippen LogP contribution < -0.4 is 5.32 Å². The average Bonchev–Trinajstić information content (AvgIpc) is 2.37. The molecule has 0 spiro atoms. The third-order valence-corrected chi connectivity index (χ3v) is 3.44. The second-order valence-corrected chi connectivity index (χ2v) is 5.33. The Hall–Kier alpha value is -1.58. The van der Waals surface area contributed by atoms with Crippen LogP contribution in [0.3, 0.4) is 0 Å². The smallest absolute Gasteiger partial charge is 0.251 e. The van der Waals surface area contributed by atoms with Crippen LogP contribution in [-0.4, -0.2) is 10.9 Å².